The van der Waals surface area contributed by atoms with Crippen LogP contribution in [0.3, 0.4) is 0 Å². The molecule has 0 radical (unpaired) electrons. The number of thiazole rings is 1. The molecular weight excluding hydrogens is 278 g/mol. The van der Waals surface area contributed by atoms with E-state index < -0.39 is 11.6 Å². The highest BCUT2D eigenvalue weighted by Crippen LogP contribution is 2.32. The lowest BCUT2D eigenvalue weighted by molar-refractivity contribution is 0.585. The van der Waals surface area contributed by atoms with Gasteiger partial charge in [-0.3, -0.25) is 0 Å². The molecule has 3 aromatic rings. The molecule has 20 heavy (non-hydrogen) atoms. The van der Waals surface area contributed by atoms with Crippen LogP contribution in [0.15, 0.2) is 47.8 Å². The normalized spacial score (nSPS) is 10.7. The van der Waals surface area contributed by atoms with Crippen molar-refractivity contribution < 1.29 is 8.78 Å². The molecule has 0 bridgehead atoms. The van der Waals surface area contributed by atoms with Crippen molar-refractivity contribution in [3.05, 3.63) is 59.5 Å². The highest BCUT2D eigenvalue weighted by atomic mass is 32.1. The van der Waals surface area contributed by atoms with E-state index in [-0.39, 0.29) is 5.56 Å². The van der Waals surface area contributed by atoms with Gasteiger partial charge in [-0.05, 0) is 24.3 Å². The number of aromatic nitrogens is 1. The standard InChI is InChI=1S/C15H10F2N2S/c16-9-5-6-10(12(17)7-9)14-8-20-15(19-14)11-3-1-2-4-13(11)18/h1-8H,18H2. The third-order valence-electron chi connectivity index (χ3n) is 2.90. The summed E-state index contributed by atoms with van der Waals surface area (Å²) in [5.41, 5.74) is 8.08. The Morgan fingerprint density at radius 2 is 1.80 bits per heavy atom. The average molecular weight is 288 g/mol. The van der Waals surface area contributed by atoms with Gasteiger partial charge < -0.3 is 5.73 Å². The quantitative estimate of drug-likeness (QED) is 0.712. The Morgan fingerprint density at radius 1 is 1.00 bits per heavy atom. The maximum Gasteiger partial charge on any atom is 0.135 e. The van der Waals surface area contributed by atoms with Gasteiger partial charge in [-0.15, -0.1) is 11.3 Å². The molecule has 5 heteroatoms. The number of rotatable bonds is 2. The highest BCUT2D eigenvalue weighted by Gasteiger charge is 2.12. The van der Waals surface area contributed by atoms with Crippen LogP contribution in [0, 0.1) is 11.6 Å². The molecule has 0 aliphatic heterocycles. The molecule has 0 spiro atoms. The van der Waals surface area contributed by atoms with Crippen LogP contribution in [0.4, 0.5) is 14.5 Å². The van der Waals surface area contributed by atoms with Gasteiger partial charge in [0, 0.05) is 28.3 Å². The predicted octanol–water partition coefficient (Wildman–Crippen LogP) is 4.34. The molecule has 0 amide bonds. The topological polar surface area (TPSA) is 38.9 Å². The summed E-state index contributed by atoms with van der Waals surface area (Å²) in [4.78, 5) is 4.38. The number of nitrogens with zero attached hydrogens (tertiary/aromatic N) is 1. The maximum atomic E-state index is 13.7. The summed E-state index contributed by atoms with van der Waals surface area (Å²) in [5, 5.41) is 2.44. The molecule has 1 aromatic heterocycles. The molecule has 2 N–H and O–H groups in total. The second-order valence-electron chi connectivity index (χ2n) is 4.25. The smallest absolute Gasteiger partial charge is 0.135 e. The van der Waals surface area contributed by atoms with Gasteiger partial charge in [-0.25, -0.2) is 13.8 Å². The molecule has 0 atom stereocenters. The molecule has 0 fully saturated rings. The van der Waals surface area contributed by atoms with Crippen molar-refractivity contribution in [3.8, 4) is 21.8 Å². The molecule has 0 unspecified atom stereocenters. The first kappa shape index (κ1) is 12.7. The minimum Gasteiger partial charge on any atom is -0.398 e. The molecule has 2 aromatic carbocycles. The second-order valence-corrected chi connectivity index (χ2v) is 5.11. The SMILES string of the molecule is Nc1ccccc1-c1nc(-c2ccc(F)cc2F)cs1. The van der Waals surface area contributed by atoms with E-state index in [9.17, 15) is 8.78 Å². The van der Waals surface area contributed by atoms with E-state index >= 15 is 0 Å². The molecule has 0 aliphatic rings. The number of nitrogen functional groups attached to an aromatic ring is 1. The number of anilines is 1. The number of benzene rings is 2. The lowest BCUT2D eigenvalue weighted by Crippen LogP contribution is -1.89. The maximum absolute atomic E-state index is 13.7. The van der Waals surface area contributed by atoms with Gasteiger partial charge in [-0.2, -0.15) is 0 Å². The summed E-state index contributed by atoms with van der Waals surface area (Å²) < 4.78 is 26.6. The number of hydrogen-bond acceptors (Lipinski definition) is 3. The van der Waals surface area contributed by atoms with Crippen LogP contribution in [0.2, 0.25) is 0 Å². The first-order valence-electron chi connectivity index (χ1n) is 5.91. The Bertz CT molecular complexity index is 768. The van der Waals surface area contributed by atoms with Gasteiger partial charge in [0.05, 0.1) is 5.69 Å². The van der Waals surface area contributed by atoms with Crippen molar-refractivity contribution in [2.45, 2.75) is 0 Å². The van der Waals surface area contributed by atoms with Gasteiger partial charge in [0.1, 0.15) is 16.6 Å². The molecule has 3 rings (SSSR count). The monoisotopic (exact) mass is 288 g/mol. The molecule has 0 aliphatic carbocycles. The van der Waals surface area contributed by atoms with Gasteiger partial charge in [-0.1, -0.05) is 12.1 Å². The summed E-state index contributed by atoms with van der Waals surface area (Å²) in [6, 6.07) is 10.8. The van der Waals surface area contributed by atoms with E-state index in [1.54, 1.807) is 11.4 Å². The van der Waals surface area contributed by atoms with Crippen LogP contribution >= 0.6 is 11.3 Å². The van der Waals surface area contributed by atoms with Crippen LogP contribution in [0.1, 0.15) is 0 Å². The van der Waals surface area contributed by atoms with Gasteiger partial charge >= 0.3 is 0 Å². The molecule has 2 nitrogen and oxygen atoms in total. The zero-order valence-corrected chi connectivity index (χ0v) is 11.1. The summed E-state index contributed by atoms with van der Waals surface area (Å²) in [6.45, 7) is 0. The van der Waals surface area contributed by atoms with E-state index in [1.165, 1.54) is 23.5 Å². The van der Waals surface area contributed by atoms with Crippen molar-refractivity contribution in [2.75, 3.05) is 5.73 Å². The Morgan fingerprint density at radius 3 is 2.55 bits per heavy atom. The fourth-order valence-corrected chi connectivity index (χ4v) is 2.78. The highest BCUT2D eigenvalue weighted by molar-refractivity contribution is 7.13. The average Bonchev–Trinajstić information content (AvgIpc) is 2.88. The number of nitrogens with two attached hydrogens (primary N) is 1. The van der Waals surface area contributed by atoms with E-state index in [0.29, 0.717) is 16.4 Å². The second kappa shape index (κ2) is 5.02. The first-order chi connectivity index (χ1) is 9.65. The minimum absolute atomic E-state index is 0.281. The Hall–Kier alpha value is -2.27. The van der Waals surface area contributed by atoms with Crippen LogP contribution in [0.5, 0.6) is 0 Å². The van der Waals surface area contributed by atoms with Crippen molar-refractivity contribution in [2.24, 2.45) is 0 Å². The van der Waals surface area contributed by atoms with E-state index in [0.717, 1.165) is 11.6 Å². The zero-order chi connectivity index (χ0) is 14.1. The third kappa shape index (κ3) is 2.28. The lowest BCUT2D eigenvalue weighted by Gasteiger charge is -2.01. The molecule has 0 saturated heterocycles. The van der Waals surface area contributed by atoms with Crippen LogP contribution < -0.4 is 5.73 Å². The molecule has 1 heterocycles. The summed E-state index contributed by atoms with van der Waals surface area (Å²) in [7, 11) is 0. The Labute approximate surface area is 118 Å². The Balaban J connectivity index is 2.04. The van der Waals surface area contributed by atoms with Crippen molar-refractivity contribution in [1.29, 1.82) is 0 Å². The lowest BCUT2D eigenvalue weighted by atomic mass is 10.1. The molecule has 100 valence electrons. The summed E-state index contributed by atoms with van der Waals surface area (Å²) >= 11 is 1.37. The van der Waals surface area contributed by atoms with E-state index in [2.05, 4.69) is 4.98 Å². The predicted molar refractivity (Wildman–Crippen MR) is 77.3 cm³/mol. The van der Waals surface area contributed by atoms with Gasteiger partial charge in [0.15, 0.2) is 0 Å². The van der Waals surface area contributed by atoms with Crippen LogP contribution in [0.25, 0.3) is 21.8 Å². The number of hydrogen-bond donors (Lipinski definition) is 1. The zero-order valence-electron chi connectivity index (χ0n) is 10.3. The minimum atomic E-state index is -0.622. The first-order valence-corrected chi connectivity index (χ1v) is 6.79. The van der Waals surface area contributed by atoms with E-state index in [4.69, 9.17) is 5.73 Å². The largest absolute Gasteiger partial charge is 0.398 e. The third-order valence-corrected chi connectivity index (χ3v) is 3.78. The molecule has 0 saturated carbocycles. The number of para-hydroxylation sites is 1. The summed E-state index contributed by atoms with van der Waals surface area (Å²) in [6.07, 6.45) is 0. The fraction of sp³-hybridized carbons (Fsp3) is 0. The van der Waals surface area contributed by atoms with Crippen molar-refractivity contribution >= 4 is 17.0 Å². The summed E-state index contributed by atoms with van der Waals surface area (Å²) in [5.74, 6) is -1.23. The molecular formula is C15H10F2N2S. The van der Waals surface area contributed by atoms with Crippen LogP contribution in [-0.4, -0.2) is 4.98 Å². The Kier molecular flexibility index (Phi) is 3.20. The van der Waals surface area contributed by atoms with Crippen molar-refractivity contribution in [3.63, 3.8) is 0 Å². The fourth-order valence-electron chi connectivity index (χ4n) is 1.91. The van der Waals surface area contributed by atoms with Crippen molar-refractivity contribution in [1.82, 2.24) is 4.98 Å². The van der Waals surface area contributed by atoms with Gasteiger partial charge in [0.25, 0.3) is 0 Å². The van der Waals surface area contributed by atoms with Gasteiger partial charge in [0.2, 0.25) is 0 Å². The van der Waals surface area contributed by atoms with E-state index in [1.807, 2.05) is 18.2 Å². The number of halogens is 2. The van der Waals surface area contributed by atoms with Crippen LogP contribution in [-0.2, 0) is 0 Å².